The average molecular weight is 191 g/mol. The molecule has 1 aromatic heterocycles. The van der Waals surface area contributed by atoms with Crippen LogP contribution in [0.1, 0.15) is 17.0 Å². The smallest absolute Gasteiger partial charge is 0.123 e. The first-order valence-electron chi connectivity index (χ1n) is 4.36. The van der Waals surface area contributed by atoms with E-state index in [4.69, 9.17) is 0 Å². The second kappa shape index (κ2) is 3.57. The summed E-state index contributed by atoms with van der Waals surface area (Å²) in [5, 5.41) is 10.4. The topological polar surface area (TPSA) is 41.6 Å². The summed E-state index contributed by atoms with van der Waals surface area (Å²) in [6.07, 6.45) is 0.611. The van der Waals surface area contributed by atoms with Gasteiger partial charge in [-0.25, -0.2) is 4.39 Å². The maximum absolute atomic E-state index is 12.9. The maximum atomic E-state index is 12.9. The number of nitrogens with zero attached hydrogens (tertiary/aromatic N) is 2. The van der Waals surface area contributed by atoms with Crippen molar-refractivity contribution in [3.63, 3.8) is 0 Å². The molecular formula is C10H10FN3. The van der Waals surface area contributed by atoms with Gasteiger partial charge in [0.25, 0.3) is 0 Å². The Morgan fingerprint density at radius 1 is 1.36 bits per heavy atom. The SMILES string of the molecule is Cc1n[nH]nc1Cc1cccc(F)c1. The monoisotopic (exact) mass is 191 g/mol. The molecule has 0 amide bonds. The quantitative estimate of drug-likeness (QED) is 0.787. The van der Waals surface area contributed by atoms with E-state index >= 15 is 0 Å². The maximum Gasteiger partial charge on any atom is 0.123 e. The normalized spacial score (nSPS) is 10.4. The number of nitrogens with one attached hydrogen (secondary N) is 1. The van der Waals surface area contributed by atoms with Crippen LogP contribution in [0.2, 0.25) is 0 Å². The number of halogens is 1. The van der Waals surface area contributed by atoms with E-state index in [0.717, 1.165) is 17.0 Å². The van der Waals surface area contributed by atoms with E-state index in [0.29, 0.717) is 6.42 Å². The highest BCUT2D eigenvalue weighted by Crippen LogP contribution is 2.10. The Kier molecular flexibility index (Phi) is 2.26. The lowest BCUT2D eigenvalue weighted by atomic mass is 10.1. The molecule has 0 aliphatic heterocycles. The van der Waals surface area contributed by atoms with Crippen molar-refractivity contribution in [1.82, 2.24) is 15.4 Å². The van der Waals surface area contributed by atoms with Gasteiger partial charge in [0, 0.05) is 6.42 Å². The number of hydrogen-bond acceptors (Lipinski definition) is 2. The van der Waals surface area contributed by atoms with Gasteiger partial charge in [-0.3, -0.25) is 0 Å². The Morgan fingerprint density at radius 2 is 2.21 bits per heavy atom. The highest BCUT2D eigenvalue weighted by atomic mass is 19.1. The number of benzene rings is 1. The molecule has 0 spiro atoms. The van der Waals surface area contributed by atoms with Gasteiger partial charge < -0.3 is 0 Å². The molecule has 0 saturated heterocycles. The number of aryl methyl sites for hydroxylation is 1. The molecule has 2 aromatic rings. The van der Waals surface area contributed by atoms with Crippen LogP contribution in [0.4, 0.5) is 4.39 Å². The molecule has 0 bridgehead atoms. The Hall–Kier alpha value is -1.71. The van der Waals surface area contributed by atoms with Crippen molar-refractivity contribution in [3.8, 4) is 0 Å². The number of aromatic nitrogens is 3. The highest BCUT2D eigenvalue weighted by Gasteiger charge is 2.04. The molecule has 72 valence electrons. The van der Waals surface area contributed by atoms with E-state index in [1.807, 2.05) is 13.0 Å². The lowest BCUT2D eigenvalue weighted by molar-refractivity contribution is 0.626. The molecule has 0 saturated carbocycles. The fourth-order valence-corrected chi connectivity index (χ4v) is 1.31. The standard InChI is InChI=1S/C10H10FN3/c1-7-10(13-14-12-7)6-8-3-2-4-9(11)5-8/h2-5H,6H2,1H3,(H,12,13,14). The minimum atomic E-state index is -0.219. The van der Waals surface area contributed by atoms with Crippen LogP contribution in [-0.4, -0.2) is 15.4 Å². The molecule has 2 rings (SSSR count). The van der Waals surface area contributed by atoms with E-state index in [-0.39, 0.29) is 5.82 Å². The Labute approximate surface area is 81.0 Å². The van der Waals surface area contributed by atoms with Gasteiger partial charge in [0.1, 0.15) is 5.82 Å². The van der Waals surface area contributed by atoms with E-state index in [9.17, 15) is 4.39 Å². The van der Waals surface area contributed by atoms with Gasteiger partial charge >= 0.3 is 0 Å². The van der Waals surface area contributed by atoms with Gasteiger partial charge in [-0.1, -0.05) is 12.1 Å². The fraction of sp³-hybridized carbons (Fsp3) is 0.200. The largest absolute Gasteiger partial charge is 0.207 e. The molecule has 1 N–H and O–H groups in total. The third-order valence-electron chi connectivity index (χ3n) is 2.08. The van der Waals surface area contributed by atoms with Crippen LogP contribution >= 0.6 is 0 Å². The molecule has 1 aromatic carbocycles. The summed E-state index contributed by atoms with van der Waals surface area (Å²) >= 11 is 0. The van der Waals surface area contributed by atoms with Gasteiger partial charge in [-0.2, -0.15) is 15.4 Å². The summed E-state index contributed by atoms with van der Waals surface area (Å²) in [7, 11) is 0. The number of rotatable bonds is 2. The second-order valence-electron chi connectivity index (χ2n) is 3.16. The summed E-state index contributed by atoms with van der Waals surface area (Å²) in [5.41, 5.74) is 2.62. The third kappa shape index (κ3) is 1.79. The van der Waals surface area contributed by atoms with Crippen molar-refractivity contribution in [2.75, 3.05) is 0 Å². The van der Waals surface area contributed by atoms with Gasteiger partial charge in [-0.05, 0) is 24.6 Å². The van der Waals surface area contributed by atoms with E-state index < -0.39 is 0 Å². The molecule has 0 atom stereocenters. The predicted molar refractivity (Wildman–Crippen MR) is 50.3 cm³/mol. The summed E-state index contributed by atoms with van der Waals surface area (Å²) < 4.78 is 12.9. The second-order valence-corrected chi connectivity index (χ2v) is 3.16. The van der Waals surface area contributed by atoms with Crippen LogP contribution in [-0.2, 0) is 6.42 Å². The first kappa shape index (κ1) is 8.87. The van der Waals surface area contributed by atoms with Crippen molar-refractivity contribution in [1.29, 1.82) is 0 Å². The Morgan fingerprint density at radius 3 is 2.86 bits per heavy atom. The number of aromatic amines is 1. The van der Waals surface area contributed by atoms with Crippen LogP contribution in [0.5, 0.6) is 0 Å². The van der Waals surface area contributed by atoms with Crippen molar-refractivity contribution < 1.29 is 4.39 Å². The zero-order chi connectivity index (χ0) is 9.97. The molecule has 0 aliphatic carbocycles. The van der Waals surface area contributed by atoms with Crippen molar-refractivity contribution in [2.45, 2.75) is 13.3 Å². The molecule has 4 heteroatoms. The van der Waals surface area contributed by atoms with Gasteiger partial charge in [0.2, 0.25) is 0 Å². The third-order valence-corrected chi connectivity index (χ3v) is 2.08. The van der Waals surface area contributed by atoms with Crippen LogP contribution in [0.25, 0.3) is 0 Å². The first-order chi connectivity index (χ1) is 6.75. The van der Waals surface area contributed by atoms with Crippen LogP contribution in [0.15, 0.2) is 24.3 Å². The van der Waals surface area contributed by atoms with Crippen LogP contribution in [0.3, 0.4) is 0 Å². The van der Waals surface area contributed by atoms with E-state index in [1.54, 1.807) is 6.07 Å². The molecule has 0 unspecified atom stereocenters. The molecule has 1 heterocycles. The fourth-order valence-electron chi connectivity index (χ4n) is 1.31. The average Bonchev–Trinajstić information content (AvgIpc) is 2.52. The molecule has 0 fully saturated rings. The highest BCUT2D eigenvalue weighted by molar-refractivity contribution is 5.23. The minimum absolute atomic E-state index is 0.219. The molecule has 0 aliphatic rings. The summed E-state index contributed by atoms with van der Waals surface area (Å²) in [6, 6.07) is 6.50. The van der Waals surface area contributed by atoms with Crippen molar-refractivity contribution in [3.05, 3.63) is 47.0 Å². The van der Waals surface area contributed by atoms with Crippen LogP contribution < -0.4 is 0 Å². The Balaban J connectivity index is 2.23. The molecule has 3 nitrogen and oxygen atoms in total. The lowest BCUT2D eigenvalue weighted by Crippen LogP contribution is -1.91. The summed E-state index contributed by atoms with van der Waals surface area (Å²) in [5.74, 6) is -0.219. The van der Waals surface area contributed by atoms with Gasteiger partial charge in [-0.15, -0.1) is 0 Å². The van der Waals surface area contributed by atoms with Gasteiger partial charge in [0.15, 0.2) is 0 Å². The molecule has 0 radical (unpaired) electrons. The van der Waals surface area contributed by atoms with Crippen molar-refractivity contribution in [2.24, 2.45) is 0 Å². The van der Waals surface area contributed by atoms with Gasteiger partial charge in [0.05, 0.1) is 11.4 Å². The molecule has 14 heavy (non-hydrogen) atoms. The first-order valence-corrected chi connectivity index (χ1v) is 4.36. The predicted octanol–water partition coefficient (Wildman–Crippen LogP) is 1.84. The zero-order valence-corrected chi connectivity index (χ0v) is 7.79. The molecular weight excluding hydrogens is 181 g/mol. The summed E-state index contributed by atoms with van der Waals surface area (Å²) in [4.78, 5) is 0. The van der Waals surface area contributed by atoms with E-state index in [2.05, 4.69) is 15.4 Å². The minimum Gasteiger partial charge on any atom is -0.207 e. The summed E-state index contributed by atoms with van der Waals surface area (Å²) in [6.45, 7) is 1.87. The number of H-pyrrole nitrogens is 1. The zero-order valence-electron chi connectivity index (χ0n) is 7.79. The van der Waals surface area contributed by atoms with E-state index in [1.165, 1.54) is 12.1 Å². The van der Waals surface area contributed by atoms with Crippen LogP contribution in [0, 0.1) is 12.7 Å². The van der Waals surface area contributed by atoms with Crippen molar-refractivity contribution >= 4 is 0 Å². The lowest BCUT2D eigenvalue weighted by Gasteiger charge is -1.98. The Bertz CT molecular complexity index is 436. The number of hydrogen-bond donors (Lipinski definition) is 1.